The highest BCUT2D eigenvalue weighted by atomic mass is 16.5. The van der Waals surface area contributed by atoms with E-state index in [9.17, 15) is 4.79 Å². The molecule has 0 radical (unpaired) electrons. The van der Waals surface area contributed by atoms with Crippen LogP contribution in [0.15, 0.2) is 24.3 Å². The quantitative estimate of drug-likeness (QED) is 0.804. The molecule has 1 aliphatic heterocycles. The number of piperazine rings is 1. The number of carbonyl (C=O) groups is 1. The Hall–Kier alpha value is -1.59. The van der Waals surface area contributed by atoms with Gasteiger partial charge in [0.1, 0.15) is 5.75 Å². The molecule has 0 spiro atoms. The highest BCUT2D eigenvalue weighted by Crippen LogP contribution is 2.14. The van der Waals surface area contributed by atoms with Crippen molar-refractivity contribution in [1.29, 1.82) is 0 Å². The van der Waals surface area contributed by atoms with E-state index >= 15 is 0 Å². The molecule has 5 heteroatoms. The fraction of sp³-hybridized carbons (Fsp3) is 0.500. The molecule has 1 atom stereocenters. The summed E-state index contributed by atoms with van der Waals surface area (Å²) in [5.74, 6) is 0.625. The number of ether oxygens (including phenoxy) is 1. The van der Waals surface area contributed by atoms with E-state index in [2.05, 4.69) is 22.3 Å². The van der Waals surface area contributed by atoms with Crippen LogP contribution in [0.25, 0.3) is 0 Å². The van der Waals surface area contributed by atoms with E-state index in [4.69, 9.17) is 10.5 Å². The summed E-state index contributed by atoms with van der Waals surface area (Å²) in [7, 11) is 1.67. The van der Waals surface area contributed by atoms with Crippen molar-refractivity contribution in [1.82, 2.24) is 10.2 Å². The lowest BCUT2D eigenvalue weighted by molar-refractivity contribution is -0.118. The minimum absolute atomic E-state index is 0.171. The number of hydrogen-bond acceptors (Lipinski definition) is 4. The highest BCUT2D eigenvalue weighted by Gasteiger charge is 2.20. The van der Waals surface area contributed by atoms with Crippen LogP contribution in [0.1, 0.15) is 12.0 Å². The van der Waals surface area contributed by atoms with E-state index < -0.39 is 0 Å². The zero-order valence-corrected chi connectivity index (χ0v) is 11.3. The van der Waals surface area contributed by atoms with Crippen LogP contribution in [0.3, 0.4) is 0 Å². The second-order valence-corrected chi connectivity index (χ2v) is 4.90. The largest absolute Gasteiger partial charge is 0.497 e. The number of rotatable bonds is 5. The first-order valence-corrected chi connectivity index (χ1v) is 6.54. The molecular formula is C14H21N3O2. The van der Waals surface area contributed by atoms with Gasteiger partial charge in [-0.2, -0.15) is 0 Å². The first-order chi connectivity index (χ1) is 9.17. The molecule has 0 saturated carbocycles. The van der Waals surface area contributed by atoms with Crippen molar-refractivity contribution in [2.24, 2.45) is 5.73 Å². The van der Waals surface area contributed by atoms with E-state index in [1.807, 2.05) is 12.1 Å². The zero-order chi connectivity index (χ0) is 13.7. The summed E-state index contributed by atoms with van der Waals surface area (Å²) >= 11 is 0. The second kappa shape index (κ2) is 6.54. The lowest BCUT2D eigenvalue weighted by Gasteiger charge is -2.33. The molecule has 104 valence electrons. The molecule has 5 nitrogen and oxygen atoms in total. The Labute approximate surface area is 113 Å². The van der Waals surface area contributed by atoms with Crippen LogP contribution < -0.4 is 15.8 Å². The Kier molecular flexibility index (Phi) is 4.76. The first kappa shape index (κ1) is 13.8. The average Bonchev–Trinajstić information content (AvgIpc) is 2.39. The van der Waals surface area contributed by atoms with Gasteiger partial charge in [-0.05, 0) is 17.7 Å². The number of hydrogen-bond donors (Lipinski definition) is 2. The Morgan fingerprint density at radius 1 is 1.47 bits per heavy atom. The molecule has 1 fully saturated rings. The molecule has 1 unspecified atom stereocenters. The lowest BCUT2D eigenvalue weighted by atomic mass is 10.1. The Bertz CT molecular complexity index is 419. The van der Waals surface area contributed by atoms with Crippen molar-refractivity contribution in [3.05, 3.63) is 29.8 Å². The third-order valence-corrected chi connectivity index (χ3v) is 3.35. The van der Waals surface area contributed by atoms with E-state index in [0.717, 1.165) is 31.9 Å². The van der Waals surface area contributed by atoms with Crippen molar-refractivity contribution >= 4 is 5.91 Å². The highest BCUT2D eigenvalue weighted by molar-refractivity contribution is 5.74. The summed E-state index contributed by atoms with van der Waals surface area (Å²) in [5, 5.41) is 3.32. The summed E-state index contributed by atoms with van der Waals surface area (Å²) in [6, 6.07) is 8.26. The van der Waals surface area contributed by atoms with Gasteiger partial charge in [0.2, 0.25) is 5.91 Å². The Morgan fingerprint density at radius 3 is 2.84 bits per heavy atom. The first-order valence-electron chi connectivity index (χ1n) is 6.54. The number of methoxy groups -OCH3 is 1. The third-order valence-electron chi connectivity index (χ3n) is 3.35. The van der Waals surface area contributed by atoms with Gasteiger partial charge in [-0.25, -0.2) is 0 Å². The van der Waals surface area contributed by atoms with Crippen molar-refractivity contribution in [2.45, 2.75) is 19.0 Å². The molecule has 3 N–H and O–H groups in total. The number of primary amides is 1. The molecule has 0 bridgehead atoms. The molecule has 1 heterocycles. The molecule has 1 saturated heterocycles. The fourth-order valence-electron chi connectivity index (χ4n) is 2.41. The molecule has 1 amide bonds. The standard InChI is InChI=1S/C14H21N3O2/c1-19-13-4-2-11(3-5-13)9-17-7-6-16-12(10-17)8-14(15)18/h2-5,12,16H,6-10H2,1H3,(H2,15,18). The summed E-state index contributed by atoms with van der Waals surface area (Å²) < 4.78 is 5.14. The van der Waals surface area contributed by atoms with Gasteiger partial charge in [0, 0.05) is 38.6 Å². The molecule has 0 aliphatic carbocycles. The molecular weight excluding hydrogens is 242 g/mol. The smallest absolute Gasteiger partial charge is 0.219 e. The van der Waals surface area contributed by atoms with Crippen LogP contribution in [-0.2, 0) is 11.3 Å². The summed E-state index contributed by atoms with van der Waals surface area (Å²) in [6.07, 6.45) is 0.402. The van der Waals surface area contributed by atoms with Gasteiger partial charge in [0.25, 0.3) is 0 Å². The topological polar surface area (TPSA) is 67.6 Å². The van der Waals surface area contributed by atoms with E-state index in [1.165, 1.54) is 5.56 Å². The maximum absolute atomic E-state index is 11.0. The zero-order valence-electron chi connectivity index (χ0n) is 11.3. The minimum Gasteiger partial charge on any atom is -0.497 e. The Morgan fingerprint density at radius 2 is 2.21 bits per heavy atom. The number of amides is 1. The maximum Gasteiger partial charge on any atom is 0.219 e. The van der Waals surface area contributed by atoms with Gasteiger partial charge in [-0.3, -0.25) is 9.69 Å². The molecule has 1 aliphatic rings. The van der Waals surface area contributed by atoms with E-state index in [-0.39, 0.29) is 11.9 Å². The van der Waals surface area contributed by atoms with Crippen LogP contribution in [0.5, 0.6) is 5.75 Å². The number of carbonyl (C=O) groups excluding carboxylic acids is 1. The van der Waals surface area contributed by atoms with Crippen molar-refractivity contribution in [3.8, 4) is 5.75 Å². The monoisotopic (exact) mass is 263 g/mol. The molecule has 1 aromatic carbocycles. The fourth-order valence-corrected chi connectivity index (χ4v) is 2.41. The maximum atomic E-state index is 11.0. The predicted molar refractivity (Wildman–Crippen MR) is 73.9 cm³/mol. The van der Waals surface area contributed by atoms with E-state index in [1.54, 1.807) is 7.11 Å². The predicted octanol–water partition coefficient (Wildman–Crippen LogP) is 0.344. The summed E-state index contributed by atoms with van der Waals surface area (Å²) in [5.41, 5.74) is 6.49. The van der Waals surface area contributed by atoms with E-state index in [0.29, 0.717) is 6.42 Å². The second-order valence-electron chi connectivity index (χ2n) is 4.90. The van der Waals surface area contributed by atoms with Crippen molar-refractivity contribution in [3.63, 3.8) is 0 Å². The van der Waals surface area contributed by atoms with Crippen LogP contribution >= 0.6 is 0 Å². The molecule has 19 heavy (non-hydrogen) atoms. The Balaban J connectivity index is 1.88. The van der Waals surface area contributed by atoms with Crippen molar-refractivity contribution in [2.75, 3.05) is 26.7 Å². The lowest BCUT2D eigenvalue weighted by Crippen LogP contribution is -2.51. The van der Waals surface area contributed by atoms with Gasteiger partial charge >= 0.3 is 0 Å². The van der Waals surface area contributed by atoms with Gasteiger partial charge in [0.15, 0.2) is 0 Å². The summed E-state index contributed by atoms with van der Waals surface area (Å²) in [4.78, 5) is 13.3. The molecule has 0 aromatic heterocycles. The van der Waals surface area contributed by atoms with Gasteiger partial charge in [-0.1, -0.05) is 12.1 Å². The van der Waals surface area contributed by atoms with Crippen LogP contribution in [0.2, 0.25) is 0 Å². The number of nitrogens with one attached hydrogen (secondary N) is 1. The van der Waals surface area contributed by atoms with Gasteiger partial charge in [-0.15, -0.1) is 0 Å². The number of benzene rings is 1. The SMILES string of the molecule is COc1ccc(CN2CCNC(CC(N)=O)C2)cc1. The summed E-state index contributed by atoms with van der Waals surface area (Å²) in [6.45, 7) is 3.63. The molecule has 1 aromatic rings. The average molecular weight is 263 g/mol. The van der Waals surface area contributed by atoms with Gasteiger partial charge in [0.05, 0.1) is 7.11 Å². The molecule has 2 rings (SSSR count). The minimum atomic E-state index is -0.246. The third kappa shape index (κ3) is 4.22. The van der Waals surface area contributed by atoms with Crippen LogP contribution in [-0.4, -0.2) is 43.6 Å². The number of nitrogens with two attached hydrogens (primary N) is 1. The van der Waals surface area contributed by atoms with Crippen molar-refractivity contribution < 1.29 is 9.53 Å². The van der Waals surface area contributed by atoms with Crippen LogP contribution in [0.4, 0.5) is 0 Å². The van der Waals surface area contributed by atoms with Gasteiger partial charge < -0.3 is 15.8 Å². The number of nitrogens with zero attached hydrogens (tertiary/aromatic N) is 1. The van der Waals surface area contributed by atoms with Crippen LogP contribution in [0, 0.1) is 0 Å². The normalized spacial score (nSPS) is 20.2.